The first kappa shape index (κ1) is 15.1. The fraction of sp³-hybridized carbons (Fsp3) is 0.750. The highest BCUT2D eigenvalue weighted by molar-refractivity contribution is 7.99. The first-order valence-electron chi connectivity index (χ1n) is 6.68. The minimum Gasteiger partial charge on any atom is -0.368 e. The molecule has 0 bridgehead atoms. The molecule has 0 aliphatic heterocycles. The number of nitrogens with zero attached hydrogens (tertiary/aromatic N) is 2. The van der Waals surface area contributed by atoms with Gasteiger partial charge in [-0.2, -0.15) is 0 Å². The molecule has 1 heterocycles. The lowest BCUT2D eigenvalue weighted by Crippen LogP contribution is -2.61. The van der Waals surface area contributed by atoms with Crippen molar-refractivity contribution in [3.05, 3.63) is 10.5 Å². The second kappa shape index (κ2) is 5.61. The number of H-pyrrole nitrogens is 1. The number of nitrogens with one attached hydrogen (secondary N) is 2. The van der Waals surface area contributed by atoms with Gasteiger partial charge in [-0.1, -0.05) is 11.8 Å². The predicted molar refractivity (Wildman–Crippen MR) is 77.5 cm³/mol. The molecular formula is C12H21N5O2S. The Hall–Kier alpha value is -1.28. The number of carbonyl (C=O) groups is 1. The third-order valence-corrected chi connectivity index (χ3v) is 4.75. The summed E-state index contributed by atoms with van der Waals surface area (Å²) in [4.78, 5) is 23.3. The van der Waals surface area contributed by atoms with Crippen LogP contribution < -0.4 is 16.7 Å². The Kier molecular flexibility index (Phi) is 4.24. The van der Waals surface area contributed by atoms with Crippen molar-refractivity contribution in [2.45, 2.75) is 43.4 Å². The van der Waals surface area contributed by atoms with Gasteiger partial charge in [-0.3, -0.25) is 9.36 Å². The first-order chi connectivity index (χ1) is 9.36. The van der Waals surface area contributed by atoms with Gasteiger partial charge in [-0.15, -0.1) is 5.10 Å². The van der Waals surface area contributed by atoms with Gasteiger partial charge in [-0.05, 0) is 32.6 Å². The average molecular weight is 299 g/mol. The normalized spacial score (nSPS) is 18.2. The van der Waals surface area contributed by atoms with E-state index in [1.54, 1.807) is 7.05 Å². The Bertz CT molecular complexity index is 548. The topological polar surface area (TPSA) is 106 Å². The highest BCUT2D eigenvalue weighted by Crippen LogP contribution is 2.42. The van der Waals surface area contributed by atoms with Gasteiger partial charge in [0.15, 0.2) is 5.16 Å². The van der Waals surface area contributed by atoms with Crippen molar-refractivity contribution in [2.24, 2.45) is 18.7 Å². The summed E-state index contributed by atoms with van der Waals surface area (Å²) >= 11 is 1.37. The van der Waals surface area contributed by atoms with Crippen LogP contribution in [0.2, 0.25) is 0 Å². The number of aromatic amines is 1. The van der Waals surface area contributed by atoms with E-state index in [2.05, 4.69) is 15.5 Å². The van der Waals surface area contributed by atoms with Gasteiger partial charge in [0.05, 0.1) is 0 Å². The molecule has 0 aromatic carbocycles. The second-order valence-corrected chi connectivity index (χ2v) is 6.51. The molecule has 112 valence electrons. The molecule has 1 fully saturated rings. The van der Waals surface area contributed by atoms with Gasteiger partial charge in [0.2, 0.25) is 5.91 Å². The van der Waals surface area contributed by atoms with Crippen LogP contribution >= 0.6 is 11.8 Å². The molecule has 1 amide bonds. The molecule has 1 aliphatic carbocycles. The molecule has 1 atom stereocenters. The molecule has 1 aromatic heterocycles. The number of carbonyl (C=O) groups excluding carboxylic acids is 1. The van der Waals surface area contributed by atoms with Gasteiger partial charge in [0.25, 0.3) is 0 Å². The number of nitrogens with two attached hydrogens (primary N) is 1. The third kappa shape index (κ3) is 2.90. The first-order valence-corrected chi connectivity index (χ1v) is 7.67. The van der Waals surface area contributed by atoms with Crippen LogP contribution in [0.15, 0.2) is 9.95 Å². The summed E-state index contributed by atoms with van der Waals surface area (Å²) in [6.45, 7) is 3.99. The van der Waals surface area contributed by atoms with Crippen LogP contribution in [0, 0.1) is 5.92 Å². The van der Waals surface area contributed by atoms with Crippen molar-refractivity contribution < 1.29 is 4.79 Å². The minimum absolute atomic E-state index is 0.159. The molecule has 1 aromatic rings. The van der Waals surface area contributed by atoms with Gasteiger partial charge < -0.3 is 11.1 Å². The van der Waals surface area contributed by atoms with Crippen LogP contribution in [0.5, 0.6) is 0 Å². The molecule has 20 heavy (non-hydrogen) atoms. The molecule has 1 unspecified atom stereocenters. The zero-order valence-corrected chi connectivity index (χ0v) is 12.8. The van der Waals surface area contributed by atoms with Gasteiger partial charge >= 0.3 is 5.69 Å². The molecule has 0 radical (unpaired) electrons. The summed E-state index contributed by atoms with van der Waals surface area (Å²) in [6, 6.07) is 0.159. The highest BCUT2D eigenvalue weighted by Gasteiger charge is 2.50. The summed E-state index contributed by atoms with van der Waals surface area (Å²) < 4.78 is 1.43. The summed E-state index contributed by atoms with van der Waals surface area (Å²) in [5.74, 6) is 0.413. The van der Waals surface area contributed by atoms with Gasteiger partial charge in [-0.25, -0.2) is 9.89 Å². The second-order valence-electron chi connectivity index (χ2n) is 5.57. The Morgan fingerprint density at radius 1 is 1.65 bits per heavy atom. The van der Waals surface area contributed by atoms with Crippen molar-refractivity contribution in [3.63, 3.8) is 0 Å². The van der Waals surface area contributed by atoms with E-state index in [0.717, 1.165) is 12.8 Å². The van der Waals surface area contributed by atoms with Crippen molar-refractivity contribution in [1.29, 1.82) is 0 Å². The number of hydrogen-bond acceptors (Lipinski definition) is 5. The molecule has 2 rings (SSSR count). The molecule has 4 N–H and O–H groups in total. The molecular weight excluding hydrogens is 278 g/mol. The van der Waals surface area contributed by atoms with Gasteiger partial charge in [0.1, 0.15) is 5.54 Å². The number of hydrogen-bond donors (Lipinski definition) is 3. The maximum Gasteiger partial charge on any atom is 0.343 e. The summed E-state index contributed by atoms with van der Waals surface area (Å²) in [6.07, 6.45) is 2.01. The lowest BCUT2D eigenvalue weighted by molar-refractivity contribution is -0.124. The summed E-state index contributed by atoms with van der Waals surface area (Å²) in [5.41, 5.74) is 4.66. The van der Waals surface area contributed by atoms with E-state index in [9.17, 15) is 9.59 Å². The van der Waals surface area contributed by atoms with E-state index in [-0.39, 0.29) is 23.6 Å². The number of amides is 1. The molecule has 0 saturated heterocycles. The highest BCUT2D eigenvalue weighted by atomic mass is 32.2. The molecule has 1 saturated carbocycles. The Balaban J connectivity index is 2.17. The van der Waals surface area contributed by atoms with Crippen molar-refractivity contribution >= 4 is 17.7 Å². The van der Waals surface area contributed by atoms with E-state index >= 15 is 0 Å². The van der Waals surface area contributed by atoms with E-state index in [1.807, 2.05) is 13.8 Å². The van der Waals surface area contributed by atoms with Crippen molar-refractivity contribution in [2.75, 3.05) is 5.75 Å². The number of thioether (sulfide) groups is 1. The smallest absolute Gasteiger partial charge is 0.343 e. The van der Waals surface area contributed by atoms with E-state index in [1.165, 1.54) is 16.3 Å². The maximum atomic E-state index is 12.0. The Morgan fingerprint density at radius 2 is 2.30 bits per heavy atom. The third-order valence-electron chi connectivity index (χ3n) is 3.53. The zero-order chi connectivity index (χ0) is 14.9. The lowest BCUT2D eigenvalue weighted by Gasteiger charge is -2.33. The van der Waals surface area contributed by atoms with E-state index < -0.39 is 5.54 Å². The minimum atomic E-state index is -0.728. The maximum absolute atomic E-state index is 12.0. The van der Waals surface area contributed by atoms with Crippen LogP contribution in [0.3, 0.4) is 0 Å². The fourth-order valence-corrected chi connectivity index (χ4v) is 3.56. The van der Waals surface area contributed by atoms with E-state index in [0.29, 0.717) is 10.9 Å². The zero-order valence-electron chi connectivity index (χ0n) is 12.0. The monoisotopic (exact) mass is 299 g/mol. The lowest BCUT2D eigenvalue weighted by atomic mass is 9.93. The SMILES string of the molecule is CC(C)NC(CSc1n[nH]c(=O)n1C)(C(N)=O)C1CC1. The molecule has 1 aliphatic rings. The largest absolute Gasteiger partial charge is 0.368 e. The van der Waals surface area contributed by atoms with Crippen LogP contribution in [0.1, 0.15) is 26.7 Å². The standard InChI is InChI=1S/C12H21N5O2S/c1-7(2)14-12(9(13)18,8-4-5-8)6-20-11-16-15-10(19)17(11)3/h7-8,14H,4-6H2,1-3H3,(H2,13,18)(H,15,19). The molecule has 8 heteroatoms. The Labute approximate surface area is 121 Å². The number of aromatic nitrogens is 3. The number of rotatable bonds is 7. The van der Waals surface area contributed by atoms with Crippen LogP contribution in [0.4, 0.5) is 0 Å². The molecule has 7 nitrogen and oxygen atoms in total. The van der Waals surface area contributed by atoms with E-state index in [4.69, 9.17) is 5.73 Å². The fourth-order valence-electron chi connectivity index (χ4n) is 2.35. The average Bonchev–Trinajstić information content (AvgIpc) is 3.15. The van der Waals surface area contributed by atoms with Crippen LogP contribution in [-0.4, -0.2) is 38.0 Å². The van der Waals surface area contributed by atoms with Crippen LogP contribution in [-0.2, 0) is 11.8 Å². The quantitative estimate of drug-likeness (QED) is 0.606. The predicted octanol–water partition coefficient (Wildman–Crippen LogP) is -0.167. The van der Waals surface area contributed by atoms with Crippen LogP contribution in [0.25, 0.3) is 0 Å². The summed E-state index contributed by atoms with van der Waals surface area (Å²) in [5, 5.41) is 10.2. The molecule has 0 spiro atoms. The summed E-state index contributed by atoms with van der Waals surface area (Å²) in [7, 11) is 1.65. The van der Waals surface area contributed by atoms with Gasteiger partial charge in [0, 0.05) is 18.8 Å². The van der Waals surface area contributed by atoms with Crippen molar-refractivity contribution in [1.82, 2.24) is 20.1 Å². The Morgan fingerprint density at radius 3 is 2.70 bits per heavy atom. The van der Waals surface area contributed by atoms with Crippen molar-refractivity contribution in [3.8, 4) is 0 Å². The number of primary amides is 1.